The minimum Gasteiger partial charge on any atom is -0.494 e. The molecule has 0 atom stereocenters. The zero-order chi connectivity index (χ0) is 12.7. The number of nitrogens with zero attached hydrogens (tertiary/aromatic N) is 1. The van der Waals surface area contributed by atoms with Gasteiger partial charge in [0.1, 0.15) is 17.4 Å². The van der Waals surface area contributed by atoms with Gasteiger partial charge in [0.2, 0.25) is 0 Å². The maximum absolute atomic E-state index is 10.6. The largest absolute Gasteiger partial charge is 0.494 e. The number of benzene rings is 1. The highest BCUT2D eigenvalue weighted by molar-refractivity contribution is 5.96. The lowest BCUT2D eigenvalue weighted by Gasteiger charge is -2.04. The Morgan fingerprint density at radius 1 is 1.47 bits per heavy atom. The number of carboxylic acid groups (broad SMARTS) is 1. The van der Waals surface area contributed by atoms with Crippen molar-refractivity contribution in [2.24, 2.45) is 0 Å². The summed E-state index contributed by atoms with van der Waals surface area (Å²) in [5.74, 6) is -0.489. The first-order valence-corrected chi connectivity index (χ1v) is 5.25. The standard InChI is InChI=1S/C13H13NO3/c1-2-7-17-12-5-3-10(4-6-12)8-11(9-14)13(15)16/h3-6,8H,2,7H2,1H3,(H,15,16). The summed E-state index contributed by atoms with van der Waals surface area (Å²) in [5.41, 5.74) is 0.375. The molecule has 17 heavy (non-hydrogen) atoms. The van der Waals surface area contributed by atoms with Crippen LogP contribution in [0.3, 0.4) is 0 Å². The Morgan fingerprint density at radius 3 is 2.59 bits per heavy atom. The molecule has 0 aliphatic rings. The van der Waals surface area contributed by atoms with E-state index < -0.39 is 5.97 Å². The van der Waals surface area contributed by atoms with Crippen LogP contribution in [0.1, 0.15) is 18.9 Å². The molecule has 1 rings (SSSR count). The van der Waals surface area contributed by atoms with Crippen molar-refractivity contribution < 1.29 is 14.6 Å². The summed E-state index contributed by atoms with van der Waals surface area (Å²) in [4.78, 5) is 10.6. The highest BCUT2D eigenvalue weighted by Crippen LogP contribution is 2.14. The molecule has 1 N–H and O–H groups in total. The number of aliphatic carboxylic acids is 1. The maximum Gasteiger partial charge on any atom is 0.346 e. The van der Waals surface area contributed by atoms with Crippen molar-refractivity contribution in [3.05, 3.63) is 35.4 Å². The van der Waals surface area contributed by atoms with Crippen LogP contribution in [0.2, 0.25) is 0 Å². The van der Waals surface area contributed by atoms with Crippen LogP contribution in [-0.2, 0) is 4.79 Å². The molecule has 88 valence electrons. The Balaban J connectivity index is 2.81. The Labute approximate surface area is 99.8 Å². The summed E-state index contributed by atoms with van der Waals surface area (Å²) in [5, 5.41) is 17.3. The fourth-order valence-electron chi connectivity index (χ4n) is 1.19. The molecule has 0 aliphatic heterocycles. The van der Waals surface area contributed by atoms with Crippen molar-refractivity contribution in [1.82, 2.24) is 0 Å². The molecule has 0 radical (unpaired) electrons. The molecule has 1 aromatic carbocycles. The van der Waals surface area contributed by atoms with Gasteiger partial charge < -0.3 is 9.84 Å². The highest BCUT2D eigenvalue weighted by atomic mass is 16.5. The maximum atomic E-state index is 10.6. The topological polar surface area (TPSA) is 70.3 Å². The molecule has 4 heteroatoms. The van der Waals surface area contributed by atoms with E-state index >= 15 is 0 Å². The van der Waals surface area contributed by atoms with E-state index in [9.17, 15) is 4.79 Å². The number of hydrogen-bond donors (Lipinski definition) is 1. The number of carbonyl (C=O) groups is 1. The molecule has 0 saturated carbocycles. The van der Waals surface area contributed by atoms with Gasteiger partial charge in [-0.05, 0) is 30.2 Å². The second-order valence-corrected chi connectivity index (χ2v) is 3.39. The quantitative estimate of drug-likeness (QED) is 0.624. The van der Waals surface area contributed by atoms with Gasteiger partial charge >= 0.3 is 5.97 Å². The zero-order valence-electron chi connectivity index (χ0n) is 9.51. The SMILES string of the molecule is CCCOc1ccc(C=C(C#N)C(=O)O)cc1. The molecular formula is C13H13NO3. The molecule has 0 bridgehead atoms. The van der Waals surface area contributed by atoms with Gasteiger partial charge in [0, 0.05) is 0 Å². The number of rotatable bonds is 5. The lowest BCUT2D eigenvalue weighted by atomic mass is 10.1. The number of ether oxygens (including phenoxy) is 1. The Morgan fingerprint density at radius 2 is 2.12 bits per heavy atom. The van der Waals surface area contributed by atoms with E-state index in [1.807, 2.05) is 6.92 Å². The average Bonchev–Trinajstić information content (AvgIpc) is 2.34. The summed E-state index contributed by atoms with van der Waals surface area (Å²) >= 11 is 0. The Hall–Kier alpha value is -2.28. The molecule has 0 fully saturated rings. The van der Waals surface area contributed by atoms with Crippen LogP contribution in [0.4, 0.5) is 0 Å². The molecule has 4 nitrogen and oxygen atoms in total. The van der Waals surface area contributed by atoms with E-state index in [1.54, 1.807) is 30.3 Å². The first-order chi connectivity index (χ1) is 8.17. The van der Waals surface area contributed by atoms with Crippen LogP contribution >= 0.6 is 0 Å². The summed E-state index contributed by atoms with van der Waals surface area (Å²) in [6.07, 6.45) is 2.26. The van der Waals surface area contributed by atoms with Crippen molar-refractivity contribution in [2.45, 2.75) is 13.3 Å². The van der Waals surface area contributed by atoms with E-state index in [1.165, 1.54) is 6.08 Å². The van der Waals surface area contributed by atoms with Gasteiger partial charge in [-0.3, -0.25) is 0 Å². The Kier molecular flexibility index (Phi) is 4.77. The molecule has 0 amide bonds. The third kappa shape index (κ3) is 3.99. The highest BCUT2D eigenvalue weighted by Gasteiger charge is 2.05. The van der Waals surface area contributed by atoms with Gasteiger partial charge in [-0.15, -0.1) is 0 Å². The second-order valence-electron chi connectivity index (χ2n) is 3.39. The second kappa shape index (κ2) is 6.33. The van der Waals surface area contributed by atoms with Crippen LogP contribution in [0.5, 0.6) is 5.75 Å². The predicted octanol–water partition coefficient (Wildman–Crippen LogP) is 2.47. The van der Waals surface area contributed by atoms with E-state index in [0.717, 1.165) is 12.2 Å². The van der Waals surface area contributed by atoms with Crippen LogP contribution in [-0.4, -0.2) is 17.7 Å². The smallest absolute Gasteiger partial charge is 0.346 e. The molecule has 0 aliphatic carbocycles. The first kappa shape index (κ1) is 12.8. The monoisotopic (exact) mass is 231 g/mol. The lowest BCUT2D eigenvalue weighted by molar-refractivity contribution is -0.132. The van der Waals surface area contributed by atoms with E-state index in [0.29, 0.717) is 12.2 Å². The molecule has 0 spiro atoms. The fourth-order valence-corrected chi connectivity index (χ4v) is 1.19. The van der Waals surface area contributed by atoms with Crippen molar-refractivity contribution >= 4 is 12.0 Å². The molecule has 0 saturated heterocycles. The van der Waals surface area contributed by atoms with Gasteiger partial charge in [0.05, 0.1) is 6.61 Å². The molecule has 0 heterocycles. The third-order valence-electron chi connectivity index (χ3n) is 2.01. The number of nitriles is 1. The van der Waals surface area contributed by atoms with Gasteiger partial charge in [0.15, 0.2) is 0 Å². The summed E-state index contributed by atoms with van der Waals surface area (Å²) in [6.45, 7) is 2.66. The third-order valence-corrected chi connectivity index (χ3v) is 2.01. The first-order valence-electron chi connectivity index (χ1n) is 5.25. The van der Waals surface area contributed by atoms with E-state index in [-0.39, 0.29) is 5.57 Å². The summed E-state index contributed by atoms with van der Waals surface area (Å²) < 4.78 is 5.39. The van der Waals surface area contributed by atoms with E-state index in [4.69, 9.17) is 15.1 Å². The minimum atomic E-state index is -1.22. The van der Waals surface area contributed by atoms with E-state index in [2.05, 4.69) is 0 Å². The lowest BCUT2D eigenvalue weighted by Crippen LogP contribution is -1.97. The molecule has 1 aromatic rings. The average molecular weight is 231 g/mol. The Bertz CT molecular complexity index is 455. The predicted molar refractivity (Wildman–Crippen MR) is 63.5 cm³/mol. The van der Waals surface area contributed by atoms with Crippen LogP contribution in [0, 0.1) is 11.3 Å². The minimum absolute atomic E-state index is 0.285. The molecular weight excluding hydrogens is 218 g/mol. The fraction of sp³-hybridized carbons (Fsp3) is 0.231. The summed E-state index contributed by atoms with van der Waals surface area (Å²) in [6, 6.07) is 8.55. The van der Waals surface area contributed by atoms with Crippen molar-refractivity contribution in [3.8, 4) is 11.8 Å². The molecule has 0 unspecified atom stereocenters. The van der Waals surface area contributed by atoms with Crippen molar-refractivity contribution in [3.63, 3.8) is 0 Å². The van der Waals surface area contributed by atoms with Crippen molar-refractivity contribution in [2.75, 3.05) is 6.61 Å². The summed E-state index contributed by atoms with van der Waals surface area (Å²) in [7, 11) is 0. The van der Waals surface area contributed by atoms with Crippen LogP contribution in [0.15, 0.2) is 29.8 Å². The number of hydrogen-bond acceptors (Lipinski definition) is 3. The van der Waals surface area contributed by atoms with Gasteiger partial charge in [-0.2, -0.15) is 5.26 Å². The normalized spacial score (nSPS) is 10.7. The van der Waals surface area contributed by atoms with Crippen molar-refractivity contribution in [1.29, 1.82) is 5.26 Å². The zero-order valence-corrected chi connectivity index (χ0v) is 9.51. The van der Waals surface area contributed by atoms with Gasteiger partial charge in [-0.1, -0.05) is 19.1 Å². The van der Waals surface area contributed by atoms with Gasteiger partial charge in [0.25, 0.3) is 0 Å². The molecule has 0 aromatic heterocycles. The van der Waals surface area contributed by atoms with Crippen LogP contribution < -0.4 is 4.74 Å². The number of carboxylic acids is 1. The van der Waals surface area contributed by atoms with Gasteiger partial charge in [-0.25, -0.2) is 4.79 Å². The van der Waals surface area contributed by atoms with Crippen LogP contribution in [0.25, 0.3) is 6.08 Å².